The molecule has 0 aliphatic carbocycles. The first-order valence-corrected chi connectivity index (χ1v) is 6.78. The Balaban J connectivity index is 2.11. The number of benzene rings is 2. The summed E-state index contributed by atoms with van der Waals surface area (Å²) in [4.78, 5) is 27.0. The standard InChI is InChI=1S/C16H15N3O3/c1-22-10-17-15(20)11-7-8-13-14(9-11)19(16(21)18-13)12-5-3-2-4-6-12/h2-9H,10H2,1H3,(H,17,20)(H,18,21). The smallest absolute Gasteiger partial charge is 0.331 e. The number of carbonyl (C=O) groups excluding carboxylic acids is 1. The maximum atomic E-state index is 12.2. The molecule has 0 saturated carbocycles. The Morgan fingerprint density at radius 1 is 1.23 bits per heavy atom. The number of aromatic amines is 1. The highest BCUT2D eigenvalue weighted by Gasteiger charge is 2.12. The lowest BCUT2D eigenvalue weighted by atomic mass is 10.2. The fraction of sp³-hybridized carbons (Fsp3) is 0.125. The molecular formula is C16H15N3O3. The monoisotopic (exact) mass is 297 g/mol. The highest BCUT2D eigenvalue weighted by atomic mass is 16.5. The summed E-state index contributed by atoms with van der Waals surface area (Å²) in [6, 6.07) is 14.3. The number of ether oxygens (including phenoxy) is 1. The second-order valence-electron chi connectivity index (χ2n) is 4.77. The van der Waals surface area contributed by atoms with Gasteiger partial charge in [-0.25, -0.2) is 4.79 Å². The highest BCUT2D eigenvalue weighted by molar-refractivity contribution is 5.97. The predicted octanol–water partition coefficient (Wildman–Crippen LogP) is 1.65. The molecule has 0 aliphatic heterocycles. The van der Waals surface area contributed by atoms with Crippen molar-refractivity contribution in [3.63, 3.8) is 0 Å². The van der Waals surface area contributed by atoms with Crippen LogP contribution < -0.4 is 11.0 Å². The zero-order chi connectivity index (χ0) is 15.5. The molecule has 1 amide bonds. The van der Waals surface area contributed by atoms with Gasteiger partial charge in [0.2, 0.25) is 0 Å². The van der Waals surface area contributed by atoms with Gasteiger partial charge in [0.25, 0.3) is 5.91 Å². The van der Waals surface area contributed by atoms with Crippen LogP contribution >= 0.6 is 0 Å². The first kappa shape index (κ1) is 14.1. The number of nitrogens with one attached hydrogen (secondary N) is 2. The van der Waals surface area contributed by atoms with Crippen LogP contribution in [-0.4, -0.2) is 29.3 Å². The van der Waals surface area contributed by atoms with E-state index in [1.54, 1.807) is 22.8 Å². The average molecular weight is 297 g/mol. The molecule has 0 unspecified atom stereocenters. The van der Waals surface area contributed by atoms with Gasteiger partial charge in [0, 0.05) is 12.7 Å². The van der Waals surface area contributed by atoms with Gasteiger partial charge in [0.15, 0.2) is 0 Å². The fourth-order valence-electron chi connectivity index (χ4n) is 2.32. The van der Waals surface area contributed by atoms with Crippen LogP contribution in [0.1, 0.15) is 10.4 Å². The molecule has 2 aromatic carbocycles. The number of aromatic nitrogens is 2. The van der Waals surface area contributed by atoms with Gasteiger partial charge in [-0.2, -0.15) is 0 Å². The molecule has 6 nitrogen and oxygen atoms in total. The summed E-state index contributed by atoms with van der Waals surface area (Å²) >= 11 is 0. The molecule has 0 atom stereocenters. The molecule has 0 saturated heterocycles. The van der Waals surface area contributed by atoms with Crippen molar-refractivity contribution in [2.24, 2.45) is 0 Å². The Morgan fingerprint density at radius 2 is 2.00 bits per heavy atom. The summed E-state index contributed by atoms with van der Waals surface area (Å²) in [7, 11) is 1.50. The number of rotatable bonds is 4. The molecule has 3 rings (SSSR count). The van der Waals surface area contributed by atoms with Crippen molar-refractivity contribution in [3.05, 3.63) is 64.6 Å². The van der Waals surface area contributed by atoms with Gasteiger partial charge in [-0.1, -0.05) is 18.2 Å². The number of fused-ring (bicyclic) bond motifs is 1. The number of carbonyl (C=O) groups is 1. The number of hydrogen-bond donors (Lipinski definition) is 2. The van der Waals surface area contributed by atoms with E-state index in [0.29, 0.717) is 16.6 Å². The molecular weight excluding hydrogens is 282 g/mol. The van der Waals surface area contributed by atoms with Gasteiger partial charge in [-0.15, -0.1) is 0 Å². The lowest BCUT2D eigenvalue weighted by Crippen LogP contribution is -2.25. The number of H-pyrrole nitrogens is 1. The molecule has 2 N–H and O–H groups in total. The lowest BCUT2D eigenvalue weighted by Gasteiger charge is -2.06. The van der Waals surface area contributed by atoms with E-state index in [9.17, 15) is 9.59 Å². The number of nitrogens with zero attached hydrogens (tertiary/aromatic N) is 1. The Morgan fingerprint density at radius 3 is 2.73 bits per heavy atom. The zero-order valence-electron chi connectivity index (χ0n) is 12.0. The predicted molar refractivity (Wildman–Crippen MR) is 83.2 cm³/mol. The second kappa shape index (κ2) is 5.87. The van der Waals surface area contributed by atoms with Crippen molar-refractivity contribution in [2.75, 3.05) is 13.8 Å². The SMILES string of the molecule is COCNC(=O)c1ccc2[nH]c(=O)n(-c3ccccc3)c2c1. The first-order chi connectivity index (χ1) is 10.7. The molecule has 0 fully saturated rings. The normalized spacial score (nSPS) is 10.8. The van der Waals surface area contributed by atoms with Crippen LogP contribution in [0.2, 0.25) is 0 Å². The van der Waals surface area contributed by atoms with Gasteiger partial charge in [-0.05, 0) is 30.3 Å². The molecule has 112 valence electrons. The number of hydrogen-bond acceptors (Lipinski definition) is 3. The molecule has 6 heteroatoms. The van der Waals surface area contributed by atoms with E-state index in [-0.39, 0.29) is 18.3 Å². The van der Waals surface area contributed by atoms with E-state index in [2.05, 4.69) is 10.3 Å². The summed E-state index contributed by atoms with van der Waals surface area (Å²) in [6.45, 7) is 0.134. The number of imidazole rings is 1. The van der Waals surface area contributed by atoms with E-state index < -0.39 is 0 Å². The number of para-hydroxylation sites is 1. The van der Waals surface area contributed by atoms with Crippen LogP contribution in [0, 0.1) is 0 Å². The minimum atomic E-state index is -0.253. The van der Waals surface area contributed by atoms with E-state index in [1.165, 1.54) is 7.11 Å². The van der Waals surface area contributed by atoms with Crippen molar-refractivity contribution in [1.29, 1.82) is 0 Å². The lowest BCUT2D eigenvalue weighted by molar-refractivity contribution is 0.0872. The molecule has 1 aromatic heterocycles. The second-order valence-corrected chi connectivity index (χ2v) is 4.77. The molecule has 22 heavy (non-hydrogen) atoms. The third kappa shape index (κ3) is 2.51. The van der Waals surface area contributed by atoms with Crippen molar-refractivity contribution >= 4 is 16.9 Å². The Hall–Kier alpha value is -2.86. The Kier molecular flexibility index (Phi) is 3.76. The quantitative estimate of drug-likeness (QED) is 0.719. The van der Waals surface area contributed by atoms with E-state index in [0.717, 1.165) is 5.69 Å². The molecule has 1 heterocycles. The van der Waals surface area contributed by atoms with Gasteiger partial charge < -0.3 is 15.0 Å². The van der Waals surface area contributed by atoms with Gasteiger partial charge in [0.05, 0.1) is 16.7 Å². The van der Waals surface area contributed by atoms with Crippen LogP contribution in [0.15, 0.2) is 53.3 Å². The average Bonchev–Trinajstić information content (AvgIpc) is 2.88. The summed E-state index contributed by atoms with van der Waals surface area (Å²) in [6.07, 6.45) is 0. The fourth-order valence-corrected chi connectivity index (χ4v) is 2.32. The molecule has 0 spiro atoms. The van der Waals surface area contributed by atoms with Crippen LogP contribution in [0.25, 0.3) is 16.7 Å². The molecule has 0 aliphatic rings. The Bertz CT molecular complexity index is 865. The Labute approximate surface area is 126 Å². The largest absolute Gasteiger partial charge is 0.364 e. The maximum Gasteiger partial charge on any atom is 0.331 e. The van der Waals surface area contributed by atoms with E-state index in [4.69, 9.17) is 4.74 Å². The van der Waals surface area contributed by atoms with E-state index in [1.807, 2.05) is 30.3 Å². The maximum absolute atomic E-state index is 12.2. The summed E-state index contributed by atoms with van der Waals surface area (Å²) < 4.78 is 6.37. The minimum Gasteiger partial charge on any atom is -0.364 e. The van der Waals surface area contributed by atoms with Crippen LogP contribution in [-0.2, 0) is 4.74 Å². The highest BCUT2D eigenvalue weighted by Crippen LogP contribution is 2.17. The molecule has 3 aromatic rings. The minimum absolute atomic E-state index is 0.134. The molecule has 0 bridgehead atoms. The number of methoxy groups -OCH3 is 1. The van der Waals surface area contributed by atoms with Crippen molar-refractivity contribution in [1.82, 2.24) is 14.9 Å². The van der Waals surface area contributed by atoms with Crippen LogP contribution in [0.5, 0.6) is 0 Å². The zero-order valence-corrected chi connectivity index (χ0v) is 12.0. The van der Waals surface area contributed by atoms with Gasteiger partial charge in [-0.3, -0.25) is 9.36 Å². The summed E-state index contributed by atoms with van der Waals surface area (Å²) in [5.74, 6) is -0.253. The van der Waals surface area contributed by atoms with Crippen molar-refractivity contribution < 1.29 is 9.53 Å². The van der Waals surface area contributed by atoms with Gasteiger partial charge >= 0.3 is 5.69 Å². The third-order valence-electron chi connectivity index (χ3n) is 3.34. The van der Waals surface area contributed by atoms with Crippen molar-refractivity contribution in [2.45, 2.75) is 0 Å². The molecule has 0 radical (unpaired) electrons. The summed E-state index contributed by atoms with van der Waals surface area (Å²) in [5, 5.41) is 2.62. The van der Waals surface area contributed by atoms with Crippen LogP contribution in [0.3, 0.4) is 0 Å². The van der Waals surface area contributed by atoms with E-state index >= 15 is 0 Å². The summed E-state index contributed by atoms with van der Waals surface area (Å²) in [5.41, 5.74) is 2.30. The number of amides is 1. The van der Waals surface area contributed by atoms with Crippen molar-refractivity contribution in [3.8, 4) is 5.69 Å². The van der Waals surface area contributed by atoms with Gasteiger partial charge in [0.1, 0.15) is 6.73 Å². The third-order valence-corrected chi connectivity index (χ3v) is 3.34. The van der Waals surface area contributed by atoms with Crippen LogP contribution in [0.4, 0.5) is 0 Å². The first-order valence-electron chi connectivity index (χ1n) is 6.78. The topological polar surface area (TPSA) is 76.1 Å².